The number of oxazole rings is 1. The number of para-hydroxylation sites is 2. The molecule has 1 unspecified atom stereocenters. The van der Waals surface area contributed by atoms with Crippen LogP contribution in [-0.2, 0) is 6.54 Å². The smallest absolute Gasteiger partial charge is 0.209 e. The summed E-state index contributed by atoms with van der Waals surface area (Å²) >= 11 is 0. The van der Waals surface area contributed by atoms with Crippen LogP contribution in [0, 0.1) is 5.92 Å². The number of piperidine rings is 1. The van der Waals surface area contributed by atoms with Gasteiger partial charge in [0, 0.05) is 12.6 Å². The van der Waals surface area contributed by atoms with Crippen molar-refractivity contribution in [2.75, 3.05) is 19.6 Å². The number of hydrogen-bond acceptors (Lipinski definition) is 4. The van der Waals surface area contributed by atoms with Gasteiger partial charge in [0.15, 0.2) is 5.58 Å². The van der Waals surface area contributed by atoms with Crippen molar-refractivity contribution in [3.05, 3.63) is 30.2 Å². The van der Waals surface area contributed by atoms with Crippen LogP contribution in [0.2, 0.25) is 0 Å². The second-order valence-electron chi connectivity index (χ2n) is 6.31. The Morgan fingerprint density at radius 1 is 1.38 bits per heavy atom. The Hall–Kier alpha value is -1.39. The molecular weight excluding hydrogens is 262 g/mol. The zero-order valence-corrected chi connectivity index (χ0v) is 13.0. The van der Waals surface area contributed by atoms with Gasteiger partial charge in [-0.25, -0.2) is 4.98 Å². The van der Waals surface area contributed by atoms with E-state index in [0.29, 0.717) is 6.04 Å². The average Bonchev–Trinajstić information content (AvgIpc) is 2.90. The minimum atomic E-state index is 0.502. The number of nitrogens with one attached hydrogen (secondary N) is 1. The molecule has 1 N–H and O–H groups in total. The third-order valence-corrected chi connectivity index (χ3v) is 4.30. The van der Waals surface area contributed by atoms with Gasteiger partial charge in [-0.15, -0.1) is 0 Å². The molecule has 21 heavy (non-hydrogen) atoms. The molecule has 1 fully saturated rings. The highest BCUT2D eigenvalue weighted by Crippen LogP contribution is 2.19. The van der Waals surface area contributed by atoms with Crippen molar-refractivity contribution in [2.24, 2.45) is 5.92 Å². The molecule has 3 rings (SSSR count). The third-order valence-electron chi connectivity index (χ3n) is 4.30. The van der Waals surface area contributed by atoms with Gasteiger partial charge in [0.1, 0.15) is 5.52 Å². The lowest BCUT2D eigenvalue weighted by molar-refractivity contribution is 0.151. The first-order valence-corrected chi connectivity index (χ1v) is 8.01. The number of benzene rings is 1. The zero-order valence-electron chi connectivity index (χ0n) is 13.0. The fourth-order valence-electron chi connectivity index (χ4n) is 3.03. The molecule has 0 amide bonds. The van der Waals surface area contributed by atoms with Crippen LogP contribution in [0.3, 0.4) is 0 Å². The Balaban J connectivity index is 1.68. The summed E-state index contributed by atoms with van der Waals surface area (Å²) < 4.78 is 5.87. The normalized spacial score (nSPS) is 19.7. The Bertz CT molecular complexity index is 539. The molecule has 1 aromatic carbocycles. The lowest BCUT2D eigenvalue weighted by atomic mass is 9.98. The van der Waals surface area contributed by atoms with E-state index in [1.54, 1.807) is 0 Å². The van der Waals surface area contributed by atoms with Crippen LogP contribution in [0.4, 0.5) is 0 Å². The minimum Gasteiger partial charge on any atom is -0.439 e. The molecule has 1 aromatic heterocycles. The van der Waals surface area contributed by atoms with Gasteiger partial charge in [-0.3, -0.25) is 4.90 Å². The van der Waals surface area contributed by atoms with E-state index in [9.17, 15) is 0 Å². The fraction of sp³-hybridized carbons (Fsp3) is 0.588. The number of fused-ring (bicyclic) bond motifs is 1. The Morgan fingerprint density at radius 3 is 2.95 bits per heavy atom. The van der Waals surface area contributed by atoms with Crippen molar-refractivity contribution >= 4 is 11.1 Å². The van der Waals surface area contributed by atoms with Crippen molar-refractivity contribution in [3.8, 4) is 0 Å². The van der Waals surface area contributed by atoms with E-state index >= 15 is 0 Å². The Kier molecular flexibility index (Phi) is 4.56. The molecule has 0 bridgehead atoms. The van der Waals surface area contributed by atoms with Crippen LogP contribution in [0.5, 0.6) is 0 Å². The van der Waals surface area contributed by atoms with Gasteiger partial charge in [0.05, 0.1) is 6.54 Å². The summed E-state index contributed by atoms with van der Waals surface area (Å²) in [4.78, 5) is 7.08. The van der Waals surface area contributed by atoms with E-state index in [2.05, 4.69) is 29.0 Å². The Morgan fingerprint density at radius 2 is 2.24 bits per heavy atom. The number of aromatic nitrogens is 1. The minimum absolute atomic E-state index is 0.502. The van der Waals surface area contributed by atoms with Crippen molar-refractivity contribution in [1.82, 2.24) is 15.2 Å². The van der Waals surface area contributed by atoms with E-state index in [4.69, 9.17) is 4.42 Å². The predicted octanol–water partition coefficient (Wildman–Crippen LogP) is 3.04. The summed E-state index contributed by atoms with van der Waals surface area (Å²) in [5, 5.41) is 3.50. The summed E-state index contributed by atoms with van der Waals surface area (Å²) in [5.41, 5.74) is 1.84. The number of hydrogen-bond donors (Lipinski definition) is 1. The lowest BCUT2D eigenvalue weighted by Gasteiger charge is -2.31. The first-order valence-electron chi connectivity index (χ1n) is 8.01. The summed E-state index contributed by atoms with van der Waals surface area (Å²) in [7, 11) is 0. The summed E-state index contributed by atoms with van der Waals surface area (Å²) in [6.07, 6.45) is 2.61. The van der Waals surface area contributed by atoms with Crippen LogP contribution in [-0.4, -0.2) is 35.6 Å². The van der Waals surface area contributed by atoms with Gasteiger partial charge in [0.2, 0.25) is 5.89 Å². The van der Waals surface area contributed by atoms with Gasteiger partial charge in [0.25, 0.3) is 0 Å². The van der Waals surface area contributed by atoms with Crippen LogP contribution in [0.1, 0.15) is 32.6 Å². The molecule has 1 atom stereocenters. The van der Waals surface area contributed by atoms with E-state index < -0.39 is 0 Å². The molecule has 0 radical (unpaired) electrons. The molecule has 0 spiro atoms. The number of rotatable bonds is 5. The molecule has 0 saturated carbocycles. The SMILES string of the molecule is CC(C)N(Cc1nc2ccccc2o1)CC1CCCNC1. The summed E-state index contributed by atoms with van der Waals surface area (Å²) in [5.74, 6) is 1.57. The predicted molar refractivity (Wildman–Crippen MR) is 85.1 cm³/mol. The maximum absolute atomic E-state index is 5.87. The monoisotopic (exact) mass is 287 g/mol. The van der Waals surface area contributed by atoms with Gasteiger partial charge in [-0.05, 0) is 57.8 Å². The average molecular weight is 287 g/mol. The van der Waals surface area contributed by atoms with Gasteiger partial charge in [-0.2, -0.15) is 0 Å². The quantitative estimate of drug-likeness (QED) is 0.917. The third kappa shape index (κ3) is 3.63. The van der Waals surface area contributed by atoms with E-state index in [0.717, 1.165) is 42.5 Å². The fourth-order valence-corrected chi connectivity index (χ4v) is 3.03. The van der Waals surface area contributed by atoms with Crippen LogP contribution < -0.4 is 5.32 Å². The first kappa shape index (κ1) is 14.5. The second-order valence-corrected chi connectivity index (χ2v) is 6.31. The van der Waals surface area contributed by atoms with Crippen LogP contribution in [0.15, 0.2) is 28.7 Å². The molecule has 1 aliphatic heterocycles. The van der Waals surface area contributed by atoms with E-state index in [1.807, 2.05) is 24.3 Å². The number of nitrogens with zero attached hydrogens (tertiary/aromatic N) is 2. The largest absolute Gasteiger partial charge is 0.439 e. The molecule has 114 valence electrons. The van der Waals surface area contributed by atoms with Gasteiger partial charge < -0.3 is 9.73 Å². The summed E-state index contributed by atoms with van der Waals surface area (Å²) in [6, 6.07) is 8.49. The van der Waals surface area contributed by atoms with Crippen molar-refractivity contribution in [3.63, 3.8) is 0 Å². The van der Waals surface area contributed by atoms with Gasteiger partial charge in [-0.1, -0.05) is 12.1 Å². The van der Waals surface area contributed by atoms with Crippen molar-refractivity contribution in [2.45, 2.75) is 39.3 Å². The molecule has 2 aromatic rings. The maximum atomic E-state index is 5.87. The first-order chi connectivity index (χ1) is 10.2. The highest BCUT2D eigenvalue weighted by Gasteiger charge is 2.20. The molecule has 1 saturated heterocycles. The van der Waals surface area contributed by atoms with Crippen LogP contribution in [0.25, 0.3) is 11.1 Å². The maximum Gasteiger partial charge on any atom is 0.209 e. The second kappa shape index (κ2) is 6.58. The highest BCUT2D eigenvalue weighted by molar-refractivity contribution is 5.72. The zero-order chi connectivity index (χ0) is 14.7. The molecular formula is C17H25N3O. The molecule has 4 heteroatoms. The molecule has 2 heterocycles. The van der Waals surface area contributed by atoms with Gasteiger partial charge >= 0.3 is 0 Å². The standard InChI is InChI=1S/C17H25N3O/c1-13(2)20(11-14-6-5-9-18-10-14)12-17-19-15-7-3-4-8-16(15)21-17/h3-4,7-8,13-14,18H,5-6,9-12H2,1-2H3. The highest BCUT2D eigenvalue weighted by atomic mass is 16.3. The van der Waals surface area contributed by atoms with Crippen molar-refractivity contribution in [1.29, 1.82) is 0 Å². The molecule has 1 aliphatic rings. The van der Waals surface area contributed by atoms with Crippen molar-refractivity contribution < 1.29 is 4.42 Å². The van der Waals surface area contributed by atoms with E-state index in [1.165, 1.54) is 19.4 Å². The molecule has 0 aliphatic carbocycles. The van der Waals surface area contributed by atoms with E-state index in [-0.39, 0.29) is 0 Å². The van der Waals surface area contributed by atoms with Crippen LogP contribution >= 0.6 is 0 Å². The lowest BCUT2D eigenvalue weighted by Crippen LogP contribution is -2.40. The topological polar surface area (TPSA) is 41.3 Å². The molecule has 4 nitrogen and oxygen atoms in total. The summed E-state index contributed by atoms with van der Waals surface area (Å²) in [6.45, 7) is 8.71. The Labute approximate surface area is 126 Å².